The van der Waals surface area contributed by atoms with Gasteiger partial charge in [0.1, 0.15) is 6.04 Å². The highest BCUT2D eigenvalue weighted by molar-refractivity contribution is 5.30. The fourth-order valence-electron chi connectivity index (χ4n) is 3.43. The summed E-state index contributed by atoms with van der Waals surface area (Å²) in [5.74, 6) is 0.933. The standard InChI is InChI=1S/C17H21N5O3/c1-24-15-6-7-18-17(20-15)19-13-9-25-10-14(13)22-16(23)8-11-4-2-3-5-12(11)21-22/h6-8,13-14H,2-5,9-10H2,1H3,(H,18,19,20). The summed E-state index contributed by atoms with van der Waals surface area (Å²) in [6.45, 7) is 0.907. The lowest BCUT2D eigenvalue weighted by molar-refractivity contribution is 0.182. The van der Waals surface area contributed by atoms with Crippen molar-refractivity contribution in [2.45, 2.75) is 37.8 Å². The number of rotatable bonds is 4. The highest BCUT2D eigenvalue weighted by Gasteiger charge is 2.32. The van der Waals surface area contributed by atoms with Crippen LogP contribution in [0, 0.1) is 0 Å². The molecule has 0 radical (unpaired) electrons. The summed E-state index contributed by atoms with van der Waals surface area (Å²) in [5.41, 5.74) is 2.05. The van der Waals surface area contributed by atoms with Crippen molar-refractivity contribution in [3.8, 4) is 5.88 Å². The van der Waals surface area contributed by atoms with E-state index in [-0.39, 0.29) is 17.6 Å². The Morgan fingerprint density at radius 1 is 1.32 bits per heavy atom. The lowest BCUT2D eigenvalue weighted by Gasteiger charge is -2.22. The van der Waals surface area contributed by atoms with E-state index in [2.05, 4.69) is 20.4 Å². The van der Waals surface area contributed by atoms with Crippen LogP contribution < -0.4 is 15.6 Å². The number of nitrogens with one attached hydrogen (secondary N) is 1. The van der Waals surface area contributed by atoms with Crippen molar-refractivity contribution in [1.82, 2.24) is 19.7 Å². The van der Waals surface area contributed by atoms with E-state index in [1.807, 2.05) is 0 Å². The Kier molecular flexibility index (Phi) is 4.35. The number of nitrogens with zero attached hydrogens (tertiary/aromatic N) is 4. The van der Waals surface area contributed by atoms with Crippen molar-refractivity contribution in [2.75, 3.05) is 25.6 Å². The van der Waals surface area contributed by atoms with Gasteiger partial charge in [-0.1, -0.05) is 0 Å². The van der Waals surface area contributed by atoms with E-state index in [0.29, 0.717) is 25.0 Å². The third-order valence-corrected chi connectivity index (χ3v) is 4.75. The summed E-state index contributed by atoms with van der Waals surface area (Å²) in [6, 6.07) is 3.11. The van der Waals surface area contributed by atoms with E-state index in [4.69, 9.17) is 9.47 Å². The quantitative estimate of drug-likeness (QED) is 0.884. The highest BCUT2D eigenvalue weighted by Crippen LogP contribution is 2.23. The lowest BCUT2D eigenvalue weighted by Crippen LogP contribution is -2.38. The lowest BCUT2D eigenvalue weighted by atomic mass is 9.97. The van der Waals surface area contributed by atoms with Gasteiger partial charge in [0.05, 0.1) is 32.1 Å². The Morgan fingerprint density at radius 2 is 2.20 bits per heavy atom. The summed E-state index contributed by atoms with van der Waals surface area (Å²) >= 11 is 0. The third kappa shape index (κ3) is 3.21. The van der Waals surface area contributed by atoms with Crippen LogP contribution >= 0.6 is 0 Å². The molecule has 1 aliphatic heterocycles. The number of fused-ring (bicyclic) bond motifs is 1. The second kappa shape index (κ2) is 6.79. The van der Waals surface area contributed by atoms with Gasteiger partial charge in [0.2, 0.25) is 11.8 Å². The van der Waals surface area contributed by atoms with Gasteiger partial charge in [-0.3, -0.25) is 4.79 Å². The largest absolute Gasteiger partial charge is 0.481 e. The Balaban J connectivity index is 1.60. The molecule has 2 aromatic heterocycles. The normalized spacial score (nSPS) is 22.4. The molecule has 3 heterocycles. The monoisotopic (exact) mass is 343 g/mol. The first-order chi connectivity index (χ1) is 12.2. The molecule has 1 aliphatic carbocycles. The molecule has 0 aromatic carbocycles. The number of ether oxygens (including phenoxy) is 2. The van der Waals surface area contributed by atoms with Crippen LogP contribution in [0.3, 0.4) is 0 Å². The molecular formula is C17H21N5O3. The molecule has 0 saturated carbocycles. The van der Waals surface area contributed by atoms with Crippen LogP contribution in [-0.2, 0) is 17.6 Å². The summed E-state index contributed by atoms with van der Waals surface area (Å²) in [6.07, 6.45) is 5.75. The predicted molar refractivity (Wildman–Crippen MR) is 91.0 cm³/mol. The van der Waals surface area contributed by atoms with E-state index in [1.165, 1.54) is 0 Å². The Hall–Kier alpha value is -2.48. The number of anilines is 1. The van der Waals surface area contributed by atoms with Gasteiger partial charge in [0, 0.05) is 18.3 Å². The molecule has 1 fully saturated rings. The number of aryl methyl sites for hydroxylation is 2. The summed E-state index contributed by atoms with van der Waals surface area (Å²) < 4.78 is 12.3. The van der Waals surface area contributed by atoms with E-state index in [0.717, 1.165) is 36.9 Å². The minimum Gasteiger partial charge on any atom is -0.481 e. The average molecular weight is 343 g/mol. The molecule has 1 N–H and O–H groups in total. The van der Waals surface area contributed by atoms with Crippen LogP contribution in [0.2, 0.25) is 0 Å². The smallest absolute Gasteiger partial charge is 0.267 e. The molecule has 8 heteroatoms. The minimum absolute atomic E-state index is 0.0745. The second-order valence-electron chi connectivity index (χ2n) is 6.38. The van der Waals surface area contributed by atoms with E-state index in [1.54, 1.807) is 30.1 Å². The van der Waals surface area contributed by atoms with Gasteiger partial charge >= 0.3 is 0 Å². The summed E-state index contributed by atoms with van der Waals surface area (Å²) in [5, 5.41) is 7.88. The first kappa shape index (κ1) is 16.0. The Labute approximate surface area is 145 Å². The van der Waals surface area contributed by atoms with Crippen molar-refractivity contribution in [3.63, 3.8) is 0 Å². The molecule has 25 heavy (non-hydrogen) atoms. The minimum atomic E-state index is -0.186. The number of hydrogen-bond donors (Lipinski definition) is 1. The van der Waals surface area contributed by atoms with Gasteiger partial charge in [-0.2, -0.15) is 10.1 Å². The zero-order chi connectivity index (χ0) is 17.2. The molecule has 2 aromatic rings. The topological polar surface area (TPSA) is 91.2 Å². The zero-order valence-electron chi connectivity index (χ0n) is 14.1. The predicted octanol–water partition coefficient (Wildman–Crippen LogP) is 0.973. The second-order valence-corrected chi connectivity index (χ2v) is 6.38. The molecule has 0 bridgehead atoms. The van der Waals surface area contributed by atoms with Crippen LogP contribution in [0.25, 0.3) is 0 Å². The maximum atomic E-state index is 12.5. The number of aromatic nitrogens is 4. The summed E-state index contributed by atoms with van der Waals surface area (Å²) in [4.78, 5) is 21.0. The Bertz CT molecular complexity index is 822. The molecule has 2 unspecified atom stereocenters. The molecule has 1 saturated heterocycles. The van der Waals surface area contributed by atoms with Gasteiger partial charge in [-0.05, 0) is 31.2 Å². The van der Waals surface area contributed by atoms with Gasteiger partial charge in [0.15, 0.2) is 0 Å². The fraction of sp³-hybridized carbons (Fsp3) is 0.529. The van der Waals surface area contributed by atoms with Crippen molar-refractivity contribution in [3.05, 3.63) is 39.9 Å². The van der Waals surface area contributed by atoms with Crippen molar-refractivity contribution >= 4 is 5.95 Å². The number of methoxy groups -OCH3 is 1. The van der Waals surface area contributed by atoms with E-state index < -0.39 is 0 Å². The number of hydrogen-bond acceptors (Lipinski definition) is 7. The van der Waals surface area contributed by atoms with Crippen LogP contribution in [0.4, 0.5) is 5.95 Å². The first-order valence-corrected chi connectivity index (χ1v) is 8.57. The van der Waals surface area contributed by atoms with Crippen LogP contribution in [0.15, 0.2) is 23.1 Å². The van der Waals surface area contributed by atoms with Crippen molar-refractivity contribution in [2.24, 2.45) is 0 Å². The maximum absolute atomic E-state index is 12.5. The van der Waals surface area contributed by atoms with Gasteiger partial charge < -0.3 is 14.8 Å². The fourth-order valence-corrected chi connectivity index (χ4v) is 3.43. The average Bonchev–Trinajstić information content (AvgIpc) is 3.09. The zero-order valence-corrected chi connectivity index (χ0v) is 14.1. The SMILES string of the molecule is COc1ccnc(NC2COCC2n2nc3c(cc2=O)CCCC3)n1. The molecule has 4 rings (SSSR count). The highest BCUT2D eigenvalue weighted by atomic mass is 16.5. The van der Waals surface area contributed by atoms with Crippen molar-refractivity contribution < 1.29 is 9.47 Å². The first-order valence-electron chi connectivity index (χ1n) is 8.57. The van der Waals surface area contributed by atoms with Gasteiger partial charge in [-0.25, -0.2) is 9.67 Å². The molecule has 2 aliphatic rings. The molecule has 0 spiro atoms. The molecular weight excluding hydrogens is 322 g/mol. The van der Waals surface area contributed by atoms with E-state index >= 15 is 0 Å². The Morgan fingerprint density at radius 3 is 3.08 bits per heavy atom. The third-order valence-electron chi connectivity index (χ3n) is 4.75. The van der Waals surface area contributed by atoms with Crippen LogP contribution in [-0.4, -0.2) is 46.1 Å². The van der Waals surface area contributed by atoms with Gasteiger partial charge in [0.25, 0.3) is 5.56 Å². The van der Waals surface area contributed by atoms with Crippen molar-refractivity contribution in [1.29, 1.82) is 0 Å². The molecule has 132 valence electrons. The van der Waals surface area contributed by atoms with E-state index in [9.17, 15) is 4.79 Å². The van der Waals surface area contributed by atoms with Gasteiger partial charge in [-0.15, -0.1) is 0 Å². The van der Waals surface area contributed by atoms with Crippen LogP contribution in [0.5, 0.6) is 5.88 Å². The van der Waals surface area contributed by atoms with Crippen LogP contribution in [0.1, 0.15) is 30.1 Å². The molecule has 8 nitrogen and oxygen atoms in total. The maximum Gasteiger partial charge on any atom is 0.267 e. The molecule has 0 amide bonds. The molecule has 2 atom stereocenters. The summed E-state index contributed by atoms with van der Waals surface area (Å²) in [7, 11) is 1.56.